The second kappa shape index (κ2) is 7.34. The highest BCUT2D eigenvalue weighted by Gasteiger charge is 2.23. The first-order chi connectivity index (χ1) is 12.9. The van der Waals surface area contributed by atoms with Gasteiger partial charge in [-0.1, -0.05) is 11.8 Å². The molecule has 1 aromatic carbocycles. The molecular formula is C16H15N5O4S2. The Morgan fingerprint density at radius 2 is 2.11 bits per heavy atom. The van der Waals surface area contributed by atoms with Gasteiger partial charge in [0.15, 0.2) is 10.9 Å². The van der Waals surface area contributed by atoms with Crippen molar-refractivity contribution in [3.05, 3.63) is 41.7 Å². The third-order valence-corrected chi connectivity index (χ3v) is 6.15. The Hall–Kier alpha value is -2.97. The summed E-state index contributed by atoms with van der Waals surface area (Å²) in [4.78, 5) is 16.1. The number of aliphatic imine (C=N–C) groups is 1. The van der Waals surface area contributed by atoms with Crippen LogP contribution in [0.3, 0.4) is 0 Å². The molecule has 1 aliphatic heterocycles. The van der Waals surface area contributed by atoms with Crippen LogP contribution < -0.4 is 10.5 Å². The Kier molecular flexibility index (Phi) is 5.11. The number of nitrogens with zero attached hydrogens (tertiary/aromatic N) is 3. The molecule has 1 aliphatic rings. The fourth-order valence-corrected chi connectivity index (χ4v) is 4.50. The van der Waals surface area contributed by atoms with E-state index in [2.05, 4.69) is 9.71 Å². The molecule has 9 nitrogen and oxygen atoms in total. The van der Waals surface area contributed by atoms with Crippen LogP contribution in [0.1, 0.15) is 16.1 Å². The van der Waals surface area contributed by atoms with Gasteiger partial charge in [-0.05, 0) is 24.3 Å². The first-order valence-electron chi connectivity index (χ1n) is 7.67. The molecule has 0 fully saturated rings. The van der Waals surface area contributed by atoms with Gasteiger partial charge in [-0.15, -0.1) is 0 Å². The van der Waals surface area contributed by atoms with Crippen LogP contribution >= 0.6 is 11.8 Å². The predicted molar refractivity (Wildman–Crippen MR) is 101 cm³/mol. The van der Waals surface area contributed by atoms with Gasteiger partial charge in [0.25, 0.3) is 10.0 Å². The van der Waals surface area contributed by atoms with E-state index in [-0.39, 0.29) is 21.8 Å². The van der Waals surface area contributed by atoms with Crippen molar-refractivity contribution in [3.63, 3.8) is 0 Å². The van der Waals surface area contributed by atoms with E-state index in [1.165, 1.54) is 53.9 Å². The molecule has 27 heavy (non-hydrogen) atoms. The van der Waals surface area contributed by atoms with Crippen molar-refractivity contribution in [2.75, 3.05) is 25.1 Å². The molecule has 3 rings (SSSR count). The number of aromatic nitrogens is 1. The number of amidine groups is 1. The van der Waals surface area contributed by atoms with Crippen molar-refractivity contribution >= 4 is 38.6 Å². The van der Waals surface area contributed by atoms with Crippen LogP contribution in [0.2, 0.25) is 0 Å². The molecule has 11 heteroatoms. The molecule has 0 saturated carbocycles. The number of rotatable bonds is 4. The Bertz CT molecular complexity index is 1070. The molecule has 0 radical (unpaired) electrons. The van der Waals surface area contributed by atoms with Gasteiger partial charge in [0.2, 0.25) is 0 Å². The molecule has 140 valence electrons. The number of thioether (sulfide) groups is 1. The molecular weight excluding hydrogens is 390 g/mol. The average Bonchev–Trinajstić information content (AvgIpc) is 3.28. The molecule has 3 N–H and O–H groups in total. The number of hydrogen-bond acceptors (Lipinski definition) is 8. The highest BCUT2D eigenvalue weighted by Crippen LogP contribution is 2.25. The quantitative estimate of drug-likeness (QED) is 0.726. The SMILES string of the molecule is COC(=O)c1c(N)c(C#N)cn1-c1ccc(S(=O)(=O)NC2=NCCS2)cc1. The van der Waals surface area contributed by atoms with Crippen LogP contribution in [0.15, 0.2) is 40.4 Å². The zero-order valence-electron chi connectivity index (χ0n) is 14.2. The first-order valence-corrected chi connectivity index (χ1v) is 10.1. The van der Waals surface area contributed by atoms with Gasteiger partial charge >= 0.3 is 5.97 Å². The van der Waals surface area contributed by atoms with Crippen LogP contribution in [0.4, 0.5) is 5.69 Å². The standard InChI is InChI=1S/C16H15N5O4S2/c1-25-15(22)14-13(18)10(8-17)9-21(14)11-2-4-12(5-3-11)27(23,24)20-16-19-6-7-26-16/h2-5,9H,6-7,18H2,1H3,(H,19,20). The lowest BCUT2D eigenvalue weighted by Gasteiger charge is -2.10. The highest BCUT2D eigenvalue weighted by molar-refractivity contribution is 8.15. The van der Waals surface area contributed by atoms with Crippen LogP contribution in [-0.4, -0.2) is 43.5 Å². The molecule has 2 aromatic rings. The monoisotopic (exact) mass is 405 g/mol. The predicted octanol–water partition coefficient (Wildman–Crippen LogP) is 1.10. The maximum Gasteiger partial charge on any atom is 0.357 e. The number of nitriles is 1. The molecule has 0 bridgehead atoms. The molecule has 0 amide bonds. The number of carbonyl (C=O) groups is 1. The van der Waals surface area contributed by atoms with Crippen molar-refractivity contribution in [1.29, 1.82) is 5.26 Å². The van der Waals surface area contributed by atoms with E-state index >= 15 is 0 Å². The van der Waals surface area contributed by atoms with E-state index in [0.29, 0.717) is 17.4 Å². The normalized spacial score (nSPS) is 13.7. The van der Waals surface area contributed by atoms with Crippen molar-refractivity contribution < 1.29 is 17.9 Å². The largest absolute Gasteiger partial charge is 0.464 e. The van der Waals surface area contributed by atoms with Crippen LogP contribution in [-0.2, 0) is 14.8 Å². The van der Waals surface area contributed by atoms with Gasteiger partial charge in [0, 0.05) is 17.6 Å². The molecule has 0 unspecified atom stereocenters. The summed E-state index contributed by atoms with van der Waals surface area (Å²) in [5, 5.41) is 9.51. The smallest absolute Gasteiger partial charge is 0.357 e. The minimum atomic E-state index is -3.76. The van der Waals surface area contributed by atoms with Gasteiger partial charge < -0.3 is 15.0 Å². The topological polar surface area (TPSA) is 140 Å². The second-order valence-electron chi connectivity index (χ2n) is 5.41. The average molecular weight is 405 g/mol. The van der Waals surface area contributed by atoms with Crippen molar-refractivity contribution in [2.45, 2.75) is 4.90 Å². The van der Waals surface area contributed by atoms with E-state index < -0.39 is 16.0 Å². The third kappa shape index (κ3) is 3.62. The Morgan fingerprint density at radius 1 is 1.41 bits per heavy atom. The van der Waals surface area contributed by atoms with E-state index in [9.17, 15) is 13.2 Å². The zero-order valence-corrected chi connectivity index (χ0v) is 15.8. The summed E-state index contributed by atoms with van der Waals surface area (Å²) >= 11 is 1.34. The summed E-state index contributed by atoms with van der Waals surface area (Å²) in [6, 6.07) is 7.70. The van der Waals surface area contributed by atoms with Gasteiger partial charge in [-0.3, -0.25) is 9.71 Å². The number of carbonyl (C=O) groups excluding carboxylic acids is 1. The highest BCUT2D eigenvalue weighted by atomic mass is 32.2. The van der Waals surface area contributed by atoms with Gasteiger partial charge in [-0.2, -0.15) is 5.26 Å². The third-order valence-electron chi connectivity index (χ3n) is 3.78. The number of benzene rings is 1. The van der Waals surface area contributed by atoms with Gasteiger partial charge in [0.05, 0.1) is 29.8 Å². The molecule has 0 atom stereocenters. The molecule has 0 spiro atoms. The summed E-state index contributed by atoms with van der Waals surface area (Å²) in [5.74, 6) is 0.0345. The number of methoxy groups -OCH3 is 1. The lowest BCUT2D eigenvalue weighted by Crippen LogP contribution is -2.27. The number of hydrogen-bond donors (Lipinski definition) is 2. The maximum atomic E-state index is 12.4. The Balaban J connectivity index is 1.97. The molecule has 0 aliphatic carbocycles. The summed E-state index contributed by atoms with van der Waals surface area (Å²) in [7, 11) is -2.56. The fourth-order valence-electron chi connectivity index (χ4n) is 2.47. The Labute approximate surface area is 159 Å². The van der Waals surface area contributed by atoms with E-state index in [4.69, 9.17) is 15.7 Å². The van der Waals surface area contributed by atoms with Crippen LogP contribution in [0, 0.1) is 11.3 Å². The fraction of sp³-hybridized carbons (Fsp3) is 0.188. The van der Waals surface area contributed by atoms with Crippen molar-refractivity contribution in [3.8, 4) is 11.8 Å². The van der Waals surface area contributed by atoms with Crippen molar-refractivity contribution in [2.24, 2.45) is 4.99 Å². The van der Waals surface area contributed by atoms with E-state index in [0.717, 1.165) is 5.75 Å². The first kappa shape index (κ1) is 18.8. The minimum Gasteiger partial charge on any atom is -0.464 e. The van der Waals surface area contributed by atoms with Gasteiger partial charge in [-0.25, -0.2) is 13.2 Å². The number of nitrogens with one attached hydrogen (secondary N) is 1. The number of esters is 1. The van der Waals surface area contributed by atoms with E-state index in [1.54, 1.807) is 0 Å². The van der Waals surface area contributed by atoms with Crippen LogP contribution in [0.25, 0.3) is 5.69 Å². The second-order valence-corrected chi connectivity index (χ2v) is 8.18. The summed E-state index contributed by atoms with van der Waals surface area (Å²) in [6.45, 7) is 0.577. The molecule has 1 aromatic heterocycles. The summed E-state index contributed by atoms with van der Waals surface area (Å²) < 4.78 is 33.4. The minimum absolute atomic E-state index is 0.000469. The number of nitrogen functional groups attached to an aromatic ring is 1. The van der Waals surface area contributed by atoms with Crippen LogP contribution in [0.5, 0.6) is 0 Å². The number of ether oxygens (including phenoxy) is 1. The number of sulfonamides is 1. The zero-order chi connectivity index (χ0) is 19.6. The lowest BCUT2D eigenvalue weighted by molar-refractivity contribution is 0.0593. The number of nitrogens with two attached hydrogens (primary N) is 1. The number of anilines is 1. The Morgan fingerprint density at radius 3 is 2.67 bits per heavy atom. The van der Waals surface area contributed by atoms with E-state index in [1.807, 2.05) is 6.07 Å². The summed E-state index contributed by atoms with van der Waals surface area (Å²) in [6.07, 6.45) is 1.40. The van der Waals surface area contributed by atoms with Crippen molar-refractivity contribution in [1.82, 2.24) is 9.29 Å². The molecule has 2 heterocycles. The van der Waals surface area contributed by atoms with Gasteiger partial charge in [0.1, 0.15) is 6.07 Å². The maximum absolute atomic E-state index is 12.4. The molecule has 0 saturated heterocycles. The lowest BCUT2D eigenvalue weighted by atomic mass is 10.2. The summed E-state index contributed by atoms with van der Waals surface area (Å²) in [5.41, 5.74) is 6.42.